The number of esters is 1. The number of unbranched alkanes of at least 4 members (excludes halogenated alkanes) is 38. The first kappa shape index (κ1) is 63.1. The molecule has 1 amide bonds. The van der Waals surface area contributed by atoms with E-state index in [2.05, 4.69) is 43.5 Å². The zero-order valence-corrected chi connectivity index (χ0v) is 43.5. The Labute approximate surface area is 404 Å². The minimum Gasteiger partial charge on any atom is -0.466 e. The second kappa shape index (κ2) is 54.7. The Morgan fingerprint density at radius 2 is 0.723 bits per heavy atom. The molecule has 2 unspecified atom stereocenters. The second-order valence-electron chi connectivity index (χ2n) is 19.6. The quantitative estimate of drug-likeness (QED) is 0.0321. The van der Waals surface area contributed by atoms with E-state index in [1.807, 2.05) is 6.08 Å². The fourth-order valence-corrected chi connectivity index (χ4v) is 8.68. The number of aliphatic hydroxyl groups is 2. The van der Waals surface area contributed by atoms with Crippen LogP contribution in [0.15, 0.2) is 36.5 Å². The van der Waals surface area contributed by atoms with Crippen LogP contribution in [0.1, 0.15) is 303 Å². The standard InChI is InChI=1S/C59H111NO5/c1-3-5-7-9-11-13-15-17-19-20-21-22-23-25-27-31-35-39-43-47-51-57(62)56(55-61)60-58(63)52-48-44-40-36-32-28-26-30-34-38-42-46-50-54-65-59(64)53-49-45-41-37-33-29-24-18-16-14-12-10-8-6-4-2/h18,24,28,32,47,51,56-57,61-62H,3-17,19-23,25-27,29-31,33-46,48-50,52-55H2,1-2H3,(H,60,63)/b24-18-,32-28-,51-47+. The number of ether oxygens (including phenoxy) is 1. The van der Waals surface area contributed by atoms with Gasteiger partial charge in [-0.15, -0.1) is 0 Å². The summed E-state index contributed by atoms with van der Waals surface area (Å²) in [4.78, 5) is 24.5. The number of allylic oxidation sites excluding steroid dienone is 5. The Balaban J connectivity index is 3.53. The summed E-state index contributed by atoms with van der Waals surface area (Å²) in [6.07, 6.45) is 67.3. The van der Waals surface area contributed by atoms with Crippen molar-refractivity contribution in [2.75, 3.05) is 13.2 Å². The van der Waals surface area contributed by atoms with Crippen molar-refractivity contribution in [3.05, 3.63) is 36.5 Å². The third-order valence-corrected chi connectivity index (χ3v) is 13.1. The molecular formula is C59H111NO5. The maximum Gasteiger partial charge on any atom is 0.305 e. The number of amides is 1. The number of nitrogens with one attached hydrogen (secondary N) is 1. The van der Waals surface area contributed by atoms with Crippen LogP contribution in [-0.2, 0) is 14.3 Å². The highest BCUT2D eigenvalue weighted by molar-refractivity contribution is 5.76. The van der Waals surface area contributed by atoms with E-state index in [4.69, 9.17) is 4.74 Å². The van der Waals surface area contributed by atoms with Crippen LogP contribution in [0.25, 0.3) is 0 Å². The molecule has 0 fully saturated rings. The first-order valence-corrected chi connectivity index (χ1v) is 28.8. The SMILES string of the molecule is CCCCCCCC/C=C\CCCCCCCC(=O)OCCCCCCCC/C=C\CCCCCC(=O)NC(CO)C(O)/C=C/CCCCCCCCCCCCCCCCCCCC. The van der Waals surface area contributed by atoms with E-state index in [0.717, 1.165) is 70.6 Å². The zero-order valence-electron chi connectivity index (χ0n) is 43.5. The van der Waals surface area contributed by atoms with Gasteiger partial charge < -0.3 is 20.3 Å². The van der Waals surface area contributed by atoms with Gasteiger partial charge in [-0.1, -0.05) is 243 Å². The van der Waals surface area contributed by atoms with E-state index in [-0.39, 0.29) is 18.5 Å². The molecule has 0 aromatic rings. The topological polar surface area (TPSA) is 95.9 Å². The van der Waals surface area contributed by atoms with Crippen molar-refractivity contribution in [1.82, 2.24) is 5.32 Å². The predicted octanol–water partition coefficient (Wildman–Crippen LogP) is 17.6. The minimum absolute atomic E-state index is 0.0219. The van der Waals surface area contributed by atoms with E-state index in [0.29, 0.717) is 19.4 Å². The van der Waals surface area contributed by atoms with Crippen molar-refractivity contribution in [2.45, 2.75) is 315 Å². The number of aliphatic hydroxyl groups excluding tert-OH is 2. The Kier molecular flexibility index (Phi) is 53.1. The lowest BCUT2D eigenvalue weighted by Gasteiger charge is -2.19. The highest BCUT2D eigenvalue weighted by atomic mass is 16.5. The average molecular weight is 915 g/mol. The smallest absolute Gasteiger partial charge is 0.305 e. The molecule has 6 nitrogen and oxygen atoms in total. The molecule has 0 aromatic heterocycles. The van der Waals surface area contributed by atoms with E-state index in [9.17, 15) is 19.8 Å². The number of hydrogen-bond donors (Lipinski definition) is 3. The monoisotopic (exact) mass is 914 g/mol. The van der Waals surface area contributed by atoms with E-state index in [1.54, 1.807) is 6.08 Å². The van der Waals surface area contributed by atoms with Crippen LogP contribution in [0.2, 0.25) is 0 Å². The molecule has 65 heavy (non-hydrogen) atoms. The fraction of sp³-hybridized carbons (Fsp3) is 0.864. The summed E-state index contributed by atoms with van der Waals surface area (Å²) in [7, 11) is 0. The second-order valence-corrected chi connectivity index (χ2v) is 19.6. The first-order valence-electron chi connectivity index (χ1n) is 28.8. The summed E-state index contributed by atoms with van der Waals surface area (Å²) >= 11 is 0. The van der Waals surface area contributed by atoms with Gasteiger partial charge in [-0.3, -0.25) is 9.59 Å². The van der Waals surface area contributed by atoms with Gasteiger partial charge in [0, 0.05) is 12.8 Å². The van der Waals surface area contributed by atoms with Gasteiger partial charge in [-0.05, 0) is 83.5 Å². The summed E-state index contributed by atoms with van der Waals surface area (Å²) in [6, 6.07) is -0.649. The van der Waals surface area contributed by atoms with Crippen LogP contribution in [0.5, 0.6) is 0 Å². The molecule has 2 atom stereocenters. The average Bonchev–Trinajstić information content (AvgIpc) is 3.31. The maximum atomic E-state index is 12.5. The first-order chi connectivity index (χ1) is 32.0. The molecule has 0 saturated carbocycles. The van der Waals surface area contributed by atoms with Crippen LogP contribution >= 0.6 is 0 Å². The molecule has 6 heteroatoms. The van der Waals surface area contributed by atoms with Crippen LogP contribution < -0.4 is 5.32 Å². The molecule has 0 saturated heterocycles. The van der Waals surface area contributed by atoms with Gasteiger partial charge in [-0.2, -0.15) is 0 Å². The van der Waals surface area contributed by atoms with Crippen LogP contribution in [0.3, 0.4) is 0 Å². The molecule has 0 heterocycles. The Morgan fingerprint density at radius 3 is 1.11 bits per heavy atom. The minimum atomic E-state index is -0.863. The number of carbonyl (C=O) groups excluding carboxylic acids is 2. The third-order valence-electron chi connectivity index (χ3n) is 13.1. The number of hydrogen-bond acceptors (Lipinski definition) is 5. The Bertz CT molecular complexity index is 1060. The van der Waals surface area contributed by atoms with Gasteiger partial charge in [0.1, 0.15) is 0 Å². The number of carbonyl (C=O) groups is 2. The van der Waals surface area contributed by atoms with Gasteiger partial charge >= 0.3 is 5.97 Å². The molecular weight excluding hydrogens is 803 g/mol. The van der Waals surface area contributed by atoms with Crippen molar-refractivity contribution in [1.29, 1.82) is 0 Å². The molecule has 0 aliphatic rings. The van der Waals surface area contributed by atoms with Gasteiger partial charge in [0.15, 0.2) is 0 Å². The van der Waals surface area contributed by atoms with Crippen molar-refractivity contribution in [2.24, 2.45) is 0 Å². The molecule has 0 rings (SSSR count). The highest BCUT2D eigenvalue weighted by Gasteiger charge is 2.18. The lowest BCUT2D eigenvalue weighted by molar-refractivity contribution is -0.143. The van der Waals surface area contributed by atoms with Crippen molar-refractivity contribution >= 4 is 11.9 Å². The highest BCUT2D eigenvalue weighted by Crippen LogP contribution is 2.16. The van der Waals surface area contributed by atoms with E-state index >= 15 is 0 Å². The predicted molar refractivity (Wildman–Crippen MR) is 283 cm³/mol. The summed E-state index contributed by atoms with van der Waals surface area (Å²) in [5, 5.41) is 23.1. The molecule has 3 N–H and O–H groups in total. The van der Waals surface area contributed by atoms with E-state index < -0.39 is 12.1 Å². The fourth-order valence-electron chi connectivity index (χ4n) is 8.68. The molecule has 382 valence electrons. The largest absolute Gasteiger partial charge is 0.466 e. The van der Waals surface area contributed by atoms with Crippen molar-refractivity contribution < 1.29 is 24.5 Å². The van der Waals surface area contributed by atoms with Crippen LogP contribution in [0, 0.1) is 0 Å². The van der Waals surface area contributed by atoms with Crippen molar-refractivity contribution in [3.8, 4) is 0 Å². The summed E-state index contributed by atoms with van der Waals surface area (Å²) in [5.41, 5.74) is 0. The van der Waals surface area contributed by atoms with Gasteiger partial charge in [0.25, 0.3) is 0 Å². The summed E-state index contributed by atoms with van der Waals surface area (Å²) in [5.74, 6) is -0.119. The normalized spacial score (nSPS) is 12.9. The summed E-state index contributed by atoms with van der Waals surface area (Å²) < 4.78 is 5.46. The Hall–Kier alpha value is -1.92. The molecule has 0 spiro atoms. The maximum absolute atomic E-state index is 12.5. The molecule has 0 bridgehead atoms. The van der Waals surface area contributed by atoms with Crippen LogP contribution in [0.4, 0.5) is 0 Å². The van der Waals surface area contributed by atoms with Crippen molar-refractivity contribution in [3.63, 3.8) is 0 Å². The lowest BCUT2D eigenvalue weighted by atomic mass is 10.0. The molecule has 0 aliphatic heterocycles. The molecule has 0 aromatic carbocycles. The van der Waals surface area contributed by atoms with Crippen LogP contribution in [-0.4, -0.2) is 47.4 Å². The number of rotatable bonds is 53. The van der Waals surface area contributed by atoms with Gasteiger partial charge in [-0.25, -0.2) is 0 Å². The molecule has 0 aliphatic carbocycles. The molecule has 0 radical (unpaired) electrons. The van der Waals surface area contributed by atoms with E-state index in [1.165, 1.54) is 205 Å². The Morgan fingerprint density at radius 1 is 0.415 bits per heavy atom. The van der Waals surface area contributed by atoms with Gasteiger partial charge in [0.05, 0.1) is 25.4 Å². The lowest BCUT2D eigenvalue weighted by Crippen LogP contribution is -2.45. The van der Waals surface area contributed by atoms with Gasteiger partial charge in [0.2, 0.25) is 5.91 Å². The summed E-state index contributed by atoms with van der Waals surface area (Å²) in [6.45, 7) is 4.86. The third kappa shape index (κ3) is 51.3. The zero-order chi connectivity index (χ0) is 47.2.